The Hall–Kier alpha value is -2.06. The number of hydrogen-bond donors (Lipinski definition) is 2. The molecule has 1 amide bonds. The van der Waals surface area contributed by atoms with E-state index >= 15 is 0 Å². The molecule has 1 aromatic rings. The van der Waals surface area contributed by atoms with E-state index in [1.165, 1.54) is 7.11 Å². The van der Waals surface area contributed by atoms with Crippen molar-refractivity contribution in [1.82, 2.24) is 10.6 Å². The second-order valence-corrected chi connectivity index (χ2v) is 5.55. The van der Waals surface area contributed by atoms with E-state index in [1.807, 2.05) is 26.8 Å². The number of carbonyl (C=O) groups excluding carboxylic acids is 1. The molecule has 0 spiro atoms. The van der Waals surface area contributed by atoms with Gasteiger partial charge in [0.2, 0.25) is 5.91 Å². The van der Waals surface area contributed by atoms with Crippen LogP contribution in [0.5, 0.6) is 5.75 Å². The normalized spacial score (nSPS) is 10.8. The van der Waals surface area contributed by atoms with Gasteiger partial charge in [0.25, 0.3) is 0 Å². The molecule has 0 radical (unpaired) electrons. The highest BCUT2D eigenvalue weighted by atomic mass is 16.5. The Bertz CT molecular complexity index is 513. The summed E-state index contributed by atoms with van der Waals surface area (Å²) in [7, 11) is 1.53. The molecular weight excluding hydrogens is 254 g/mol. The Morgan fingerprint density at radius 1 is 1.40 bits per heavy atom. The van der Waals surface area contributed by atoms with E-state index in [9.17, 15) is 4.79 Å². The third-order valence-corrected chi connectivity index (χ3v) is 2.52. The van der Waals surface area contributed by atoms with Gasteiger partial charge in [-0.2, -0.15) is 5.26 Å². The second-order valence-electron chi connectivity index (χ2n) is 5.55. The van der Waals surface area contributed by atoms with Gasteiger partial charge in [-0.25, -0.2) is 0 Å². The van der Waals surface area contributed by atoms with Crippen LogP contribution in [0.2, 0.25) is 0 Å². The van der Waals surface area contributed by atoms with Crippen LogP contribution in [0.1, 0.15) is 31.9 Å². The number of benzene rings is 1. The second kappa shape index (κ2) is 6.92. The maximum absolute atomic E-state index is 11.6. The van der Waals surface area contributed by atoms with Gasteiger partial charge in [0.1, 0.15) is 11.8 Å². The lowest BCUT2D eigenvalue weighted by atomic mass is 10.1. The Labute approximate surface area is 119 Å². The van der Waals surface area contributed by atoms with Crippen LogP contribution in [-0.4, -0.2) is 25.1 Å². The molecule has 0 aliphatic heterocycles. The first-order chi connectivity index (χ1) is 9.35. The summed E-state index contributed by atoms with van der Waals surface area (Å²) in [6, 6.07) is 7.42. The monoisotopic (exact) mass is 275 g/mol. The van der Waals surface area contributed by atoms with Gasteiger partial charge < -0.3 is 15.4 Å². The van der Waals surface area contributed by atoms with E-state index < -0.39 is 0 Å². The van der Waals surface area contributed by atoms with Crippen molar-refractivity contribution < 1.29 is 9.53 Å². The smallest absolute Gasteiger partial charge is 0.234 e. The maximum Gasteiger partial charge on any atom is 0.234 e. The van der Waals surface area contributed by atoms with E-state index in [-0.39, 0.29) is 18.0 Å². The lowest BCUT2D eigenvalue weighted by Crippen LogP contribution is -2.44. The van der Waals surface area contributed by atoms with Crippen molar-refractivity contribution in [2.75, 3.05) is 13.7 Å². The SMILES string of the molecule is COc1cc(CNCC(=O)NC(C)(C)C)ccc1C#N. The summed E-state index contributed by atoms with van der Waals surface area (Å²) in [5.41, 5.74) is 1.24. The fraction of sp³-hybridized carbons (Fsp3) is 0.467. The van der Waals surface area contributed by atoms with Crippen molar-refractivity contribution in [3.8, 4) is 11.8 Å². The summed E-state index contributed by atoms with van der Waals surface area (Å²) in [5.74, 6) is 0.504. The number of carbonyl (C=O) groups is 1. The molecule has 20 heavy (non-hydrogen) atoms. The Balaban J connectivity index is 2.51. The first-order valence-corrected chi connectivity index (χ1v) is 6.44. The zero-order chi connectivity index (χ0) is 15.2. The molecule has 5 nitrogen and oxygen atoms in total. The van der Waals surface area contributed by atoms with Crippen LogP contribution < -0.4 is 15.4 Å². The third kappa shape index (κ3) is 5.29. The van der Waals surface area contributed by atoms with Crippen LogP contribution in [0.4, 0.5) is 0 Å². The van der Waals surface area contributed by atoms with Crippen molar-refractivity contribution in [3.63, 3.8) is 0 Å². The molecule has 0 fully saturated rings. The standard InChI is InChI=1S/C15H21N3O2/c1-15(2,3)18-14(19)10-17-9-11-5-6-12(8-16)13(7-11)20-4/h5-7,17H,9-10H2,1-4H3,(H,18,19). The average molecular weight is 275 g/mol. The summed E-state index contributed by atoms with van der Waals surface area (Å²) in [5, 5.41) is 14.8. The number of hydrogen-bond acceptors (Lipinski definition) is 4. The molecule has 108 valence electrons. The molecule has 1 aromatic carbocycles. The minimum atomic E-state index is -0.226. The molecule has 0 heterocycles. The predicted octanol–water partition coefficient (Wildman–Crippen LogP) is 1.57. The van der Waals surface area contributed by atoms with Crippen LogP contribution in [0, 0.1) is 11.3 Å². The van der Waals surface area contributed by atoms with Gasteiger partial charge in [-0.05, 0) is 38.5 Å². The largest absolute Gasteiger partial charge is 0.495 e. The number of nitriles is 1. The fourth-order valence-corrected chi connectivity index (χ4v) is 1.72. The van der Waals surface area contributed by atoms with Crippen LogP contribution >= 0.6 is 0 Å². The fourth-order valence-electron chi connectivity index (χ4n) is 1.72. The van der Waals surface area contributed by atoms with Gasteiger partial charge in [0, 0.05) is 12.1 Å². The van der Waals surface area contributed by atoms with Crippen LogP contribution in [0.25, 0.3) is 0 Å². The first-order valence-electron chi connectivity index (χ1n) is 6.44. The number of methoxy groups -OCH3 is 1. The first kappa shape index (κ1) is 16.0. The molecule has 0 bridgehead atoms. The molecule has 2 N–H and O–H groups in total. The van der Waals surface area contributed by atoms with Crippen molar-refractivity contribution in [3.05, 3.63) is 29.3 Å². The Morgan fingerprint density at radius 3 is 2.65 bits per heavy atom. The quantitative estimate of drug-likeness (QED) is 0.855. The lowest BCUT2D eigenvalue weighted by Gasteiger charge is -2.20. The highest BCUT2D eigenvalue weighted by Crippen LogP contribution is 2.18. The molecular formula is C15H21N3O2. The van der Waals surface area contributed by atoms with Gasteiger partial charge in [-0.15, -0.1) is 0 Å². The van der Waals surface area contributed by atoms with Crippen molar-refractivity contribution >= 4 is 5.91 Å². The third-order valence-electron chi connectivity index (χ3n) is 2.52. The van der Waals surface area contributed by atoms with Crippen LogP contribution in [0.3, 0.4) is 0 Å². The number of rotatable bonds is 5. The van der Waals surface area contributed by atoms with E-state index in [4.69, 9.17) is 10.00 Å². The molecule has 0 unspecified atom stereocenters. The summed E-state index contributed by atoms with van der Waals surface area (Å²) in [6.45, 7) is 6.61. The summed E-state index contributed by atoms with van der Waals surface area (Å²) in [4.78, 5) is 11.6. The molecule has 5 heteroatoms. The van der Waals surface area contributed by atoms with E-state index in [2.05, 4.69) is 16.7 Å². The van der Waals surface area contributed by atoms with Gasteiger partial charge in [-0.1, -0.05) is 6.07 Å². The predicted molar refractivity (Wildman–Crippen MR) is 77.3 cm³/mol. The number of nitrogens with zero attached hydrogens (tertiary/aromatic N) is 1. The summed E-state index contributed by atoms with van der Waals surface area (Å²) >= 11 is 0. The van der Waals surface area contributed by atoms with Crippen molar-refractivity contribution in [2.45, 2.75) is 32.9 Å². The molecule has 0 aromatic heterocycles. The van der Waals surface area contributed by atoms with Gasteiger partial charge in [0.15, 0.2) is 0 Å². The highest BCUT2D eigenvalue weighted by molar-refractivity contribution is 5.78. The van der Waals surface area contributed by atoms with Crippen LogP contribution in [-0.2, 0) is 11.3 Å². The van der Waals surface area contributed by atoms with E-state index in [0.29, 0.717) is 17.9 Å². The topological polar surface area (TPSA) is 74.2 Å². The van der Waals surface area contributed by atoms with E-state index in [0.717, 1.165) is 5.56 Å². The van der Waals surface area contributed by atoms with Gasteiger partial charge in [0.05, 0.1) is 19.2 Å². The van der Waals surface area contributed by atoms with E-state index in [1.54, 1.807) is 12.1 Å². The Morgan fingerprint density at radius 2 is 2.10 bits per heavy atom. The minimum Gasteiger partial charge on any atom is -0.495 e. The number of amides is 1. The van der Waals surface area contributed by atoms with Crippen LogP contribution in [0.15, 0.2) is 18.2 Å². The summed E-state index contributed by atoms with van der Waals surface area (Å²) in [6.07, 6.45) is 0. The minimum absolute atomic E-state index is 0.0434. The summed E-state index contributed by atoms with van der Waals surface area (Å²) < 4.78 is 5.14. The molecule has 0 saturated carbocycles. The highest BCUT2D eigenvalue weighted by Gasteiger charge is 2.13. The van der Waals surface area contributed by atoms with Crippen molar-refractivity contribution in [2.24, 2.45) is 0 Å². The molecule has 0 atom stereocenters. The lowest BCUT2D eigenvalue weighted by molar-refractivity contribution is -0.121. The number of ether oxygens (including phenoxy) is 1. The molecule has 1 rings (SSSR count). The zero-order valence-corrected chi connectivity index (χ0v) is 12.4. The van der Waals surface area contributed by atoms with Gasteiger partial charge in [-0.3, -0.25) is 4.79 Å². The molecule has 0 saturated heterocycles. The average Bonchev–Trinajstić information content (AvgIpc) is 2.36. The molecule has 0 aliphatic rings. The maximum atomic E-state index is 11.6. The molecule has 0 aliphatic carbocycles. The zero-order valence-electron chi connectivity index (χ0n) is 12.4. The van der Waals surface area contributed by atoms with Gasteiger partial charge >= 0.3 is 0 Å². The number of nitrogens with one attached hydrogen (secondary N) is 2. The van der Waals surface area contributed by atoms with Crippen molar-refractivity contribution in [1.29, 1.82) is 5.26 Å². The Kier molecular flexibility index (Phi) is 5.53.